The van der Waals surface area contributed by atoms with E-state index >= 15 is 0 Å². The smallest absolute Gasteiger partial charge is 0.123 e. The Morgan fingerprint density at radius 1 is 1.06 bits per heavy atom. The summed E-state index contributed by atoms with van der Waals surface area (Å²) in [6.07, 6.45) is 0. The van der Waals surface area contributed by atoms with Crippen molar-refractivity contribution in [3.8, 4) is 0 Å². The van der Waals surface area contributed by atoms with Gasteiger partial charge in [0.2, 0.25) is 0 Å². The molecule has 0 aromatic heterocycles. The fourth-order valence-electron chi connectivity index (χ4n) is 1.35. The van der Waals surface area contributed by atoms with E-state index < -0.39 is 0 Å². The van der Waals surface area contributed by atoms with Crippen molar-refractivity contribution < 1.29 is 4.39 Å². The van der Waals surface area contributed by atoms with Gasteiger partial charge in [-0.15, -0.1) is 11.8 Å². The number of halogens is 2. The summed E-state index contributed by atoms with van der Waals surface area (Å²) in [6.45, 7) is 0. The third kappa shape index (κ3) is 3.09. The van der Waals surface area contributed by atoms with E-state index in [0.29, 0.717) is 0 Å². The molecule has 0 aliphatic heterocycles. The highest BCUT2D eigenvalue weighted by molar-refractivity contribution is 9.10. The minimum atomic E-state index is -0.176. The molecule has 0 spiro atoms. The van der Waals surface area contributed by atoms with Gasteiger partial charge in [0.25, 0.3) is 0 Å². The quantitative estimate of drug-likeness (QED) is 0.728. The van der Waals surface area contributed by atoms with Crippen molar-refractivity contribution in [3.63, 3.8) is 0 Å². The third-order valence-corrected chi connectivity index (χ3v) is 4.22. The maximum Gasteiger partial charge on any atom is 0.123 e. The molecule has 0 N–H and O–H groups in total. The molecule has 0 fully saturated rings. The summed E-state index contributed by atoms with van der Waals surface area (Å²) in [7, 11) is 0. The summed E-state index contributed by atoms with van der Waals surface area (Å²) < 4.78 is 14.0. The molecule has 0 unspecified atom stereocenters. The van der Waals surface area contributed by atoms with Gasteiger partial charge in [-0.2, -0.15) is 0 Å². The van der Waals surface area contributed by atoms with Crippen LogP contribution in [-0.4, -0.2) is 0 Å². The van der Waals surface area contributed by atoms with Gasteiger partial charge in [-0.1, -0.05) is 24.3 Å². The third-order valence-electron chi connectivity index (χ3n) is 2.12. The van der Waals surface area contributed by atoms with Crippen molar-refractivity contribution in [3.05, 3.63) is 64.4 Å². The van der Waals surface area contributed by atoms with Crippen LogP contribution in [0.2, 0.25) is 0 Å². The van der Waals surface area contributed by atoms with Crippen molar-refractivity contribution in [2.24, 2.45) is 0 Å². The molecule has 3 heteroatoms. The van der Waals surface area contributed by atoms with Gasteiger partial charge < -0.3 is 0 Å². The molecule has 0 saturated heterocycles. The second-order valence-electron chi connectivity index (χ2n) is 3.35. The number of rotatable bonds is 3. The molecule has 0 heterocycles. The molecule has 0 saturated carbocycles. The Hall–Kier alpha value is -0.800. The van der Waals surface area contributed by atoms with Gasteiger partial charge in [0.1, 0.15) is 5.82 Å². The Balaban J connectivity index is 2.05. The first-order valence-electron chi connectivity index (χ1n) is 4.87. The molecule has 82 valence electrons. The summed E-state index contributed by atoms with van der Waals surface area (Å²) in [4.78, 5) is 1.17. The van der Waals surface area contributed by atoms with Crippen LogP contribution in [0, 0.1) is 5.82 Å². The van der Waals surface area contributed by atoms with Crippen molar-refractivity contribution in [2.75, 3.05) is 0 Å². The van der Waals surface area contributed by atoms with Gasteiger partial charge in [0.15, 0.2) is 0 Å². The van der Waals surface area contributed by atoms with E-state index in [9.17, 15) is 4.39 Å². The zero-order valence-electron chi connectivity index (χ0n) is 8.49. The molecule has 2 aromatic rings. The normalized spacial score (nSPS) is 10.4. The largest absolute Gasteiger partial charge is 0.207 e. The van der Waals surface area contributed by atoms with Crippen LogP contribution < -0.4 is 0 Å². The molecule has 0 amide bonds. The van der Waals surface area contributed by atoms with Crippen LogP contribution in [0.5, 0.6) is 0 Å². The molecule has 0 aliphatic carbocycles. The van der Waals surface area contributed by atoms with E-state index in [0.717, 1.165) is 15.8 Å². The summed E-state index contributed by atoms with van der Waals surface area (Å²) in [5, 5.41) is 0. The highest BCUT2D eigenvalue weighted by atomic mass is 79.9. The highest BCUT2D eigenvalue weighted by Crippen LogP contribution is 2.29. The van der Waals surface area contributed by atoms with Gasteiger partial charge in [0, 0.05) is 15.1 Å². The van der Waals surface area contributed by atoms with Crippen LogP contribution in [0.25, 0.3) is 0 Å². The molecule has 16 heavy (non-hydrogen) atoms. The van der Waals surface area contributed by atoms with Crippen molar-refractivity contribution in [2.45, 2.75) is 10.6 Å². The van der Waals surface area contributed by atoms with E-state index in [1.807, 2.05) is 30.3 Å². The first-order chi connectivity index (χ1) is 7.75. The second-order valence-corrected chi connectivity index (χ2v) is 5.22. The monoisotopic (exact) mass is 296 g/mol. The van der Waals surface area contributed by atoms with Crippen LogP contribution in [0.1, 0.15) is 5.56 Å². The fourth-order valence-corrected chi connectivity index (χ4v) is 2.86. The molecular weight excluding hydrogens is 287 g/mol. The molecule has 2 rings (SSSR count). The molecular formula is C13H10BrFS. The standard InChI is InChI=1S/C13H10BrFS/c14-12-6-1-2-7-13(12)16-9-10-4-3-5-11(15)8-10/h1-8H,9H2. The number of thioether (sulfide) groups is 1. The van der Waals surface area contributed by atoms with Gasteiger partial charge in [0.05, 0.1) is 0 Å². The average Bonchev–Trinajstić information content (AvgIpc) is 2.28. The molecule has 0 nitrogen and oxygen atoms in total. The van der Waals surface area contributed by atoms with Gasteiger partial charge >= 0.3 is 0 Å². The topological polar surface area (TPSA) is 0 Å². The summed E-state index contributed by atoms with van der Waals surface area (Å²) in [5.41, 5.74) is 1.00. The molecule has 2 aromatic carbocycles. The minimum Gasteiger partial charge on any atom is -0.207 e. The summed E-state index contributed by atoms with van der Waals surface area (Å²) in [5.74, 6) is 0.602. The highest BCUT2D eigenvalue weighted by Gasteiger charge is 2.00. The number of hydrogen-bond acceptors (Lipinski definition) is 1. The Kier molecular flexibility index (Phi) is 4.02. The summed E-state index contributed by atoms with van der Waals surface area (Å²) >= 11 is 5.18. The molecule has 0 atom stereocenters. The van der Waals surface area contributed by atoms with Crippen LogP contribution in [0.4, 0.5) is 4.39 Å². The molecule has 0 bridgehead atoms. The van der Waals surface area contributed by atoms with E-state index in [1.165, 1.54) is 11.0 Å². The predicted molar refractivity (Wildman–Crippen MR) is 70.1 cm³/mol. The first-order valence-corrected chi connectivity index (χ1v) is 6.65. The minimum absolute atomic E-state index is 0.176. The zero-order chi connectivity index (χ0) is 11.4. The fraction of sp³-hybridized carbons (Fsp3) is 0.0769. The lowest BCUT2D eigenvalue weighted by Crippen LogP contribution is -1.83. The van der Waals surface area contributed by atoms with Crippen LogP contribution in [0.15, 0.2) is 57.9 Å². The van der Waals surface area contributed by atoms with Gasteiger partial charge in [-0.05, 0) is 45.8 Å². The lowest BCUT2D eigenvalue weighted by atomic mass is 10.2. The van der Waals surface area contributed by atoms with Gasteiger partial charge in [-0.3, -0.25) is 0 Å². The maximum absolute atomic E-state index is 13.0. The lowest BCUT2D eigenvalue weighted by Gasteiger charge is -2.04. The van der Waals surface area contributed by atoms with Crippen molar-refractivity contribution in [1.82, 2.24) is 0 Å². The number of benzene rings is 2. The Labute approximate surface area is 107 Å². The van der Waals surface area contributed by atoms with E-state index in [2.05, 4.69) is 15.9 Å². The first kappa shape index (κ1) is 11.7. The maximum atomic E-state index is 13.0. The zero-order valence-corrected chi connectivity index (χ0v) is 10.9. The van der Waals surface area contributed by atoms with E-state index in [4.69, 9.17) is 0 Å². The SMILES string of the molecule is Fc1cccc(CSc2ccccc2Br)c1. The second kappa shape index (κ2) is 5.51. The summed E-state index contributed by atoms with van der Waals surface area (Å²) in [6, 6.07) is 14.8. The molecule has 0 radical (unpaired) electrons. The van der Waals surface area contributed by atoms with Gasteiger partial charge in [-0.25, -0.2) is 4.39 Å². The van der Waals surface area contributed by atoms with Crippen LogP contribution in [0.3, 0.4) is 0 Å². The van der Waals surface area contributed by atoms with E-state index in [1.54, 1.807) is 23.9 Å². The number of hydrogen-bond donors (Lipinski definition) is 0. The molecule has 0 aliphatic rings. The lowest BCUT2D eigenvalue weighted by molar-refractivity contribution is 0.626. The Bertz CT molecular complexity index is 485. The Morgan fingerprint density at radius 2 is 1.88 bits per heavy atom. The van der Waals surface area contributed by atoms with Crippen molar-refractivity contribution >= 4 is 27.7 Å². The predicted octanol–water partition coefficient (Wildman–Crippen LogP) is 4.88. The average molecular weight is 297 g/mol. The van der Waals surface area contributed by atoms with Crippen LogP contribution in [-0.2, 0) is 5.75 Å². The van der Waals surface area contributed by atoms with E-state index in [-0.39, 0.29) is 5.82 Å². The van der Waals surface area contributed by atoms with Crippen LogP contribution >= 0.6 is 27.7 Å². The van der Waals surface area contributed by atoms with Crippen molar-refractivity contribution in [1.29, 1.82) is 0 Å². The Morgan fingerprint density at radius 3 is 2.62 bits per heavy atom.